The summed E-state index contributed by atoms with van der Waals surface area (Å²) in [6, 6.07) is 6.58. The van der Waals surface area contributed by atoms with Crippen LogP contribution in [-0.4, -0.2) is 34.2 Å². The molecule has 1 aliphatic heterocycles. The quantitative estimate of drug-likeness (QED) is 0.899. The monoisotopic (exact) mass is 323 g/mol. The fraction of sp³-hybridized carbons (Fsp3) is 0.588. The molecular weight excluding hydrogens is 301 g/mol. The number of carbonyl (C=O) groups is 1. The Labute approximate surface area is 134 Å². The summed E-state index contributed by atoms with van der Waals surface area (Å²) in [4.78, 5) is 12.5. The van der Waals surface area contributed by atoms with Crippen LogP contribution < -0.4 is 5.32 Å². The number of aliphatic hydroxyl groups is 1. The Morgan fingerprint density at radius 2 is 1.91 bits per heavy atom. The highest BCUT2D eigenvalue weighted by molar-refractivity contribution is 7.99. The van der Waals surface area contributed by atoms with E-state index < -0.39 is 5.60 Å². The van der Waals surface area contributed by atoms with Crippen molar-refractivity contribution in [2.75, 3.05) is 11.5 Å². The topological polar surface area (TPSA) is 49.3 Å². The van der Waals surface area contributed by atoms with Gasteiger partial charge < -0.3 is 10.4 Å². The maximum atomic E-state index is 13.1. The molecule has 120 valence electrons. The van der Waals surface area contributed by atoms with Crippen molar-refractivity contribution in [3.8, 4) is 0 Å². The second-order valence-electron chi connectivity index (χ2n) is 6.31. The average Bonchev–Trinajstić information content (AvgIpc) is 2.97. The summed E-state index contributed by atoms with van der Waals surface area (Å²) in [5.41, 5.74) is -0.142. The molecule has 0 radical (unpaired) electrons. The zero-order chi connectivity index (χ0) is 15.6. The van der Waals surface area contributed by atoms with Gasteiger partial charge in [-0.3, -0.25) is 4.79 Å². The summed E-state index contributed by atoms with van der Waals surface area (Å²) >= 11 is 1.78. The number of hydrogen-bond acceptors (Lipinski definition) is 3. The molecule has 1 heterocycles. The van der Waals surface area contributed by atoms with Gasteiger partial charge in [0, 0.05) is 12.0 Å². The lowest BCUT2D eigenvalue weighted by Gasteiger charge is -2.32. The predicted octanol–water partition coefficient (Wildman–Crippen LogP) is 2.84. The van der Waals surface area contributed by atoms with Gasteiger partial charge in [-0.15, -0.1) is 0 Å². The van der Waals surface area contributed by atoms with E-state index in [1.165, 1.54) is 12.1 Å². The van der Waals surface area contributed by atoms with Crippen LogP contribution in [-0.2, 0) is 4.79 Å². The molecule has 1 saturated carbocycles. The van der Waals surface area contributed by atoms with Gasteiger partial charge in [-0.25, -0.2) is 4.39 Å². The van der Waals surface area contributed by atoms with Crippen molar-refractivity contribution in [3.63, 3.8) is 0 Å². The minimum atomic E-state index is -1.21. The van der Waals surface area contributed by atoms with E-state index >= 15 is 0 Å². The highest BCUT2D eigenvalue weighted by Crippen LogP contribution is 2.35. The molecule has 1 aromatic rings. The van der Waals surface area contributed by atoms with E-state index in [0.29, 0.717) is 12.8 Å². The number of benzene rings is 1. The molecule has 1 aromatic carbocycles. The summed E-state index contributed by atoms with van der Waals surface area (Å²) < 4.78 is 13.1. The first kappa shape index (κ1) is 15.8. The lowest BCUT2D eigenvalue weighted by molar-refractivity contribution is -0.141. The minimum Gasteiger partial charge on any atom is -0.380 e. The summed E-state index contributed by atoms with van der Waals surface area (Å²) in [7, 11) is 0. The van der Waals surface area contributed by atoms with E-state index in [4.69, 9.17) is 0 Å². The number of hydrogen-bond donors (Lipinski definition) is 2. The second kappa shape index (κ2) is 6.59. The number of rotatable bonds is 3. The van der Waals surface area contributed by atoms with Crippen LogP contribution in [0.25, 0.3) is 0 Å². The van der Waals surface area contributed by atoms with Crippen LogP contribution in [0.5, 0.6) is 0 Å². The Balaban J connectivity index is 1.68. The molecule has 2 aliphatic rings. The first-order valence-corrected chi connectivity index (χ1v) is 9.10. The van der Waals surface area contributed by atoms with Crippen molar-refractivity contribution in [2.24, 2.45) is 0 Å². The SMILES string of the molecule is O=C(NC1CCCC1c1ccc(F)cc1)C1(O)CCSCC1. The summed E-state index contributed by atoms with van der Waals surface area (Å²) in [5, 5.41) is 13.6. The third-order valence-electron chi connectivity index (χ3n) is 4.87. The molecule has 3 nitrogen and oxygen atoms in total. The molecule has 0 spiro atoms. The highest BCUT2D eigenvalue weighted by Gasteiger charge is 2.40. The Kier molecular flexibility index (Phi) is 4.73. The molecule has 1 aliphatic carbocycles. The normalized spacial score (nSPS) is 27.5. The van der Waals surface area contributed by atoms with Gasteiger partial charge in [0.25, 0.3) is 5.91 Å². The van der Waals surface area contributed by atoms with Gasteiger partial charge in [0.1, 0.15) is 11.4 Å². The zero-order valence-corrected chi connectivity index (χ0v) is 13.4. The van der Waals surface area contributed by atoms with Crippen LogP contribution in [0.15, 0.2) is 24.3 Å². The molecule has 0 aromatic heterocycles. The third-order valence-corrected chi connectivity index (χ3v) is 5.86. The van der Waals surface area contributed by atoms with Gasteiger partial charge in [0.05, 0.1) is 0 Å². The summed E-state index contributed by atoms with van der Waals surface area (Å²) in [5.74, 6) is 1.40. The van der Waals surface area contributed by atoms with Crippen LogP contribution in [0.2, 0.25) is 0 Å². The molecule has 1 amide bonds. The summed E-state index contributed by atoms with van der Waals surface area (Å²) in [6.07, 6.45) is 4.00. The van der Waals surface area contributed by atoms with Crippen LogP contribution in [0, 0.1) is 5.82 Å². The summed E-state index contributed by atoms with van der Waals surface area (Å²) in [6.45, 7) is 0. The fourth-order valence-electron chi connectivity index (χ4n) is 3.48. The van der Waals surface area contributed by atoms with Gasteiger partial charge in [-0.2, -0.15) is 11.8 Å². The molecular formula is C17H22FNO2S. The maximum Gasteiger partial charge on any atom is 0.252 e. The van der Waals surface area contributed by atoms with Crippen LogP contribution >= 0.6 is 11.8 Å². The van der Waals surface area contributed by atoms with Crippen LogP contribution in [0.4, 0.5) is 4.39 Å². The number of halogens is 1. The van der Waals surface area contributed by atoms with Crippen LogP contribution in [0.1, 0.15) is 43.6 Å². The molecule has 22 heavy (non-hydrogen) atoms. The van der Waals surface area contributed by atoms with E-state index in [-0.39, 0.29) is 23.7 Å². The first-order valence-electron chi connectivity index (χ1n) is 7.95. The second-order valence-corrected chi connectivity index (χ2v) is 7.54. The van der Waals surface area contributed by atoms with E-state index in [2.05, 4.69) is 5.32 Å². The van der Waals surface area contributed by atoms with Gasteiger partial charge in [0.15, 0.2) is 0 Å². The van der Waals surface area contributed by atoms with E-state index in [1.807, 2.05) is 0 Å². The van der Waals surface area contributed by atoms with Crippen molar-refractivity contribution in [3.05, 3.63) is 35.6 Å². The van der Waals surface area contributed by atoms with E-state index in [1.54, 1.807) is 23.9 Å². The zero-order valence-electron chi connectivity index (χ0n) is 12.6. The Morgan fingerprint density at radius 1 is 1.23 bits per heavy atom. The number of carbonyl (C=O) groups excluding carboxylic acids is 1. The fourth-order valence-corrected chi connectivity index (χ4v) is 4.65. The number of amides is 1. The molecule has 3 rings (SSSR count). The molecule has 0 bridgehead atoms. The van der Waals surface area contributed by atoms with Gasteiger partial charge in [-0.05, 0) is 54.9 Å². The Hall–Kier alpha value is -1.07. The Bertz CT molecular complexity index is 528. The van der Waals surface area contributed by atoms with Crippen molar-refractivity contribution >= 4 is 17.7 Å². The standard InChI is InChI=1S/C17H22FNO2S/c18-13-6-4-12(5-7-13)14-2-1-3-15(14)19-16(20)17(21)8-10-22-11-9-17/h4-7,14-15,21H,1-3,8-11H2,(H,19,20). The first-order chi connectivity index (χ1) is 10.6. The average molecular weight is 323 g/mol. The van der Waals surface area contributed by atoms with Crippen molar-refractivity contribution in [2.45, 2.75) is 49.7 Å². The lowest BCUT2D eigenvalue weighted by atomic mass is 9.91. The minimum absolute atomic E-state index is 0.0385. The van der Waals surface area contributed by atoms with Crippen molar-refractivity contribution in [1.29, 1.82) is 0 Å². The smallest absolute Gasteiger partial charge is 0.252 e. The van der Waals surface area contributed by atoms with Crippen LogP contribution in [0.3, 0.4) is 0 Å². The van der Waals surface area contributed by atoms with E-state index in [9.17, 15) is 14.3 Å². The maximum absolute atomic E-state index is 13.1. The predicted molar refractivity (Wildman–Crippen MR) is 86.4 cm³/mol. The van der Waals surface area contributed by atoms with Crippen molar-refractivity contribution < 1.29 is 14.3 Å². The third kappa shape index (κ3) is 3.30. The van der Waals surface area contributed by atoms with Gasteiger partial charge in [0.2, 0.25) is 0 Å². The number of thioether (sulfide) groups is 1. The molecule has 2 fully saturated rings. The number of nitrogens with one attached hydrogen (secondary N) is 1. The molecule has 2 unspecified atom stereocenters. The van der Waals surface area contributed by atoms with Gasteiger partial charge >= 0.3 is 0 Å². The van der Waals surface area contributed by atoms with Gasteiger partial charge in [-0.1, -0.05) is 18.6 Å². The lowest BCUT2D eigenvalue weighted by Crippen LogP contribution is -2.52. The molecule has 2 atom stereocenters. The molecule has 5 heteroatoms. The molecule has 1 saturated heterocycles. The van der Waals surface area contributed by atoms with E-state index in [0.717, 1.165) is 36.3 Å². The Morgan fingerprint density at radius 3 is 2.59 bits per heavy atom. The van der Waals surface area contributed by atoms with Crippen molar-refractivity contribution in [1.82, 2.24) is 5.32 Å². The highest BCUT2D eigenvalue weighted by atomic mass is 32.2. The largest absolute Gasteiger partial charge is 0.380 e. The molecule has 2 N–H and O–H groups in total.